The number of amides is 3. The SMILES string of the molecule is COc1ccc(C(N)=O)c(OC(C)C(=O)N2CC(=O)Nc3ccccc32)c1. The average molecular weight is 369 g/mol. The minimum atomic E-state index is -0.964. The van der Waals surface area contributed by atoms with E-state index in [4.69, 9.17) is 15.2 Å². The van der Waals surface area contributed by atoms with Crippen molar-refractivity contribution < 1.29 is 23.9 Å². The first-order valence-corrected chi connectivity index (χ1v) is 8.25. The summed E-state index contributed by atoms with van der Waals surface area (Å²) in [7, 11) is 1.47. The van der Waals surface area contributed by atoms with Crippen molar-refractivity contribution in [2.75, 3.05) is 23.9 Å². The van der Waals surface area contributed by atoms with Crippen molar-refractivity contribution in [3.63, 3.8) is 0 Å². The molecule has 0 spiro atoms. The molecule has 1 unspecified atom stereocenters. The minimum absolute atomic E-state index is 0.121. The van der Waals surface area contributed by atoms with E-state index in [0.717, 1.165) is 0 Å². The number of anilines is 2. The lowest BCUT2D eigenvalue weighted by atomic mass is 10.1. The van der Waals surface area contributed by atoms with Gasteiger partial charge in [0.1, 0.15) is 18.0 Å². The van der Waals surface area contributed by atoms with Crippen molar-refractivity contribution in [1.29, 1.82) is 0 Å². The first kappa shape index (κ1) is 18.2. The lowest BCUT2D eigenvalue weighted by molar-refractivity contribution is -0.126. The highest BCUT2D eigenvalue weighted by atomic mass is 16.5. The molecule has 0 radical (unpaired) electrons. The summed E-state index contributed by atoms with van der Waals surface area (Å²) >= 11 is 0. The van der Waals surface area contributed by atoms with Crippen LogP contribution in [0.15, 0.2) is 42.5 Å². The number of fused-ring (bicyclic) bond motifs is 1. The highest BCUT2D eigenvalue weighted by Crippen LogP contribution is 2.30. The molecule has 0 fully saturated rings. The Hall–Kier alpha value is -3.55. The van der Waals surface area contributed by atoms with Crippen LogP contribution in [0.1, 0.15) is 17.3 Å². The number of carbonyl (C=O) groups excluding carboxylic acids is 3. The number of hydrogen-bond donors (Lipinski definition) is 2. The maximum absolute atomic E-state index is 12.9. The second-order valence-corrected chi connectivity index (χ2v) is 5.98. The predicted octanol–water partition coefficient (Wildman–Crippen LogP) is 1.55. The van der Waals surface area contributed by atoms with Gasteiger partial charge in [0.2, 0.25) is 5.91 Å². The molecular formula is C19H19N3O5. The van der Waals surface area contributed by atoms with Crippen LogP contribution in [0.3, 0.4) is 0 Å². The molecule has 1 heterocycles. The van der Waals surface area contributed by atoms with Gasteiger partial charge in [0.15, 0.2) is 6.10 Å². The smallest absolute Gasteiger partial charge is 0.268 e. The van der Waals surface area contributed by atoms with Crippen LogP contribution in [-0.4, -0.2) is 37.5 Å². The van der Waals surface area contributed by atoms with Crippen molar-refractivity contribution in [3.05, 3.63) is 48.0 Å². The molecule has 0 aromatic heterocycles. The lowest BCUT2D eigenvalue weighted by Crippen LogP contribution is -2.47. The molecule has 0 bridgehead atoms. The maximum Gasteiger partial charge on any atom is 0.268 e. The topological polar surface area (TPSA) is 111 Å². The van der Waals surface area contributed by atoms with Crippen LogP contribution in [0.5, 0.6) is 11.5 Å². The third kappa shape index (κ3) is 3.69. The van der Waals surface area contributed by atoms with Gasteiger partial charge in [-0.25, -0.2) is 0 Å². The van der Waals surface area contributed by atoms with Crippen LogP contribution in [0.2, 0.25) is 0 Å². The van der Waals surface area contributed by atoms with Crippen LogP contribution < -0.4 is 25.4 Å². The van der Waals surface area contributed by atoms with Crippen LogP contribution >= 0.6 is 0 Å². The van der Waals surface area contributed by atoms with E-state index in [1.54, 1.807) is 37.3 Å². The van der Waals surface area contributed by atoms with Gasteiger partial charge < -0.3 is 20.5 Å². The second-order valence-electron chi connectivity index (χ2n) is 5.98. The van der Waals surface area contributed by atoms with Gasteiger partial charge in [-0.2, -0.15) is 0 Å². The number of hydrogen-bond acceptors (Lipinski definition) is 5. The second kappa shape index (κ2) is 7.36. The van der Waals surface area contributed by atoms with Crippen LogP contribution in [0.4, 0.5) is 11.4 Å². The summed E-state index contributed by atoms with van der Waals surface area (Å²) in [6.07, 6.45) is -0.964. The molecule has 1 atom stereocenters. The summed E-state index contributed by atoms with van der Waals surface area (Å²) in [6.45, 7) is 1.42. The molecule has 2 aromatic carbocycles. The monoisotopic (exact) mass is 369 g/mol. The molecule has 8 nitrogen and oxygen atoms in total. The van der Waals surface area contributed by atoms with Crippen molar-refractivity contribution in [3.8, 4) is 11.5 Å². The third-order valence-electron chi connectivity index (χ3n) is 4.14. The number of rotatable bonds is 5. The number of methoxy groups -OCH3 is 1. The van der Waals surface area contributed by atoms with Gasteiger partial charge >= 0.3 is 0 Å². The number of nitrogens with one attached hydrogen (secondary N) is 1. The molecule has 0 saturated heterocycles. The summed E-state index contributed by atoms with van der Waals surface area (Å²) in [5.41, 5.74) is 6.64. The molecule has 0 aliphatic carbocycles. The largest absolute Gasteiger partial charge is 0.497 e. The Morgan fingerprint density at radius 2 is 1.96 bits per heavy atom. The Morgan fingerprint density at radius 3 is 2.67 bits per heavy atom. The van der Waals surface area contributed by atoms with E-state index in [2.05, 4.69) is 5.32 Å². The molecule has 3 rings (SSSR count). The molecule has 2 aromatic rings. The van der Waals surface area contributed by atoms with E-state index >= 15 is 0 Å². The summed E-state index contributed by atoms with van der Waals surface area (Å²) in [4.78, 5) is 37.8. The number of primary amides is 1. The van der Waals surface area contributed by atoms with Gasteiger partial charge in [-0.05, 0) is 31.2 Å². The van der Waals surface area contributed by atoms with Crippen molar-refractivity contribution >= 4 is 29.1 Å². The fourth-order valence-electron chi connectivity index (χ4n) is 2.82. The Morgan fingerprint density at radius 1 is 1.22 bits per heavy atom. The molecule has 1 aliphatic heterocycles. The summed E-state index contributed by atoms with van der Waals surface area (Å²) in [5.74, 6) is -0.811. The fourth-order valence-corrected chi connectivity index (χ4v) is 2.82. The van der Waals surface area contributed by atoms with Crippen LogP contribution in [-0.2, 0) is 9.59 Å². The average Bonchev–Trinajstić information content (AvgIpc) is 2.66. The van der Waals surface area contributed by atoms with Gasteiger partial charge in [0.05, 0.1) is 24.0 Å². The van der Waals surface area contributed by atoms with Crippen molar-refractivity contribution in [1.82, 2.24) is 0 Å². The number of nitrogens with zero attached hydrogens (tertiary/aromatic N) is 1. The molecule has 1 aliphatic rings. The van der Waals surface area contributed by atoms with E-state index < -0.39 is 17.9 Å². The first-order chi connectivity index (χ1) is 12.9. The Labute approximate surface area is 155 Å². The summed E-state index contributed by atoms with van der Waals surface area (Å²) in [5, 5.41) is 2.72. The normalized spacial score (nSPS) is 14.0. The molecule has 3 amide bonds. The molecule has 0 saturated carbocycles. The minimum Gasteiger partial charge on any atom is -0.497 e. The summed E-state index contributed by atoms with van der Waals surface area (Å²) < 4.78 is 10.8. The number of nitrogens with two attached hydrogens (primary N) is 1. The molecule has 3 N–H and O–H groups in total. The van der Waals surface area contributed by atoms with Gasteiger partial charge in [0.25, 0.3) is 11.8 Å². The van der Waals surface area contributed by atoms with Crippen LogP contribution in [0, 0.1) is 0 Å². The number of para-hydroxylation sites is 2. The molecule has 27 heavy (non-hydrogen) atoms. The van der Waals surface area contributed by atoms with Gasteiger partial charge in [-0.15, -0.1) is 0 Å². The zero-order valence-corrected chi connectivity index (χ0v) is 14.9. The Bertz CT molecular complexity index is 912. The molecule has 8 heteroatoms. The maximum atomic E-state index is 12.9. The molecular weight excluding hydrogens is 350 g/mol. The highest BCUT2D eigenvalue weighted by molar-refractivity contribution is 6.11. The molecule has 140 valence electrons. The number of ether oxygens (including phenoxy) is 2. The predicted molar refractivity (Wildman–Crippen MR) is 99.0 cm³/mol. The van der Waals surface area contributed by atoms with Gasteiger partial charge in [-0.3, -0.25) is 19.3 Å². The number of carbonyl (C=O) groups is 3. The van der Waals surface area contributed by atoms with E-state index in [1.807, 2.05) is 0 Å². The lowest BCUT2D eigenvalue weighted by Gasteiger charge is -2.31. The van der Waals surface area contributed by atoms with Crippen molar-refractivity contribution in [2.45, 2.75) is 13.0 Å². The fraction of sp³-hybridized carbons (Fsp3) is 0.211. The zero-order chi connectivity index (χ0) is 19.6. The van der Waals surface area contributed by atoms with E-state index in [9.17, 15) is 14.4 Å². The number of benzene rings is 2. The zero-order valence-electron chi connectivity index (χ0n) is 14.9. The van der Waals surface area contributed by atoms with Gasteiger partial charge in [-0.1, -0.05) is 12.1 Å². The van der Waals surface area contributed by atoms with Crippen LogP contribution in [0.25, 0.3) is 0 Å². The van der Waals surface area contributed by atoms with Gasteiger partial charge in [0, 0.05) is 6.07 Å². The standard InChI is InChI=1S/C19H19N3O5/c1-11(27-16-9-12(26-2)7-8-13(16)18(20)24)19(25)22-10-17(23)21-14-5-3-4-6-15(14)22/h3-9,11H,10H2,1-2H3,(H2,20,24)(H,21,23). The highest BCUT2D eigenvalue weighted by Gasteiger charge is 2.31. The van der Waals surface area contributed by atoms with E-state index in [1.165, 1.54) is 24.1 Å². The first-order valence-electron chi connectivity index (χ1n) is 8.25. The Kier molecular flexibility index (Phi) is 4.98. The summed E-state index contributed by atoms with van der Waals surface area (Å²) in [6, 6.07) is 11.5. The van der Waals surface area contributed by atoms with Crippen molar-refractivity contribution in [2.24, 2.45) is 5.73 Å². The van der Waals surface area contributed by atoms with E-state index in [-0.39, 0.29) is 23.8 Å². The van der Waals surface area contributed by atoms with E-state index in [0.29, 0.717) is 17.1 Å². The Balaban J connectivity index is 1.87. The quantitative estimate of drug-likeness (QED) is 0.831. The third-order valence-corrected chi connectivity index (χ3v) is 4.14.